The van der Waals surface area contributed by atoms with Crippen LogP contribution in [0.25, 0.3) is 0 Å². The van der Waals surface area contributed by atoms with Gasteiger partial charge in [-0.1, -0.05) is 12.8 Å². The number of aliphatic carboxylic acids is 1. The second-order valence-corrected chi connectivity index (χ2v) is 8.70. The number of hydrogen-bond acceptors (Lipinski definition) is 5. The van der Waals surface area contributed by atoms with Gasteiger partial charge in [-0.2, -0.15) is 13.2 Å². The summed E-state index contributed by atoms with van der Waals surface area (Å²) in [6.45, 7) is 4.02. The zero-order chi connectivity index (χ0) is 22.5. The Kier molecular flexibility index (Phi) is 7.38. The molecule has 1 spiro atoms. The number of carboxylic acid groups (broad SMARTS) is 1. The number of aromatic nitrogens is 2. The number of alkyl halides is 3. The van der Waals surface area contributed by atoms with Crippen LogP contribution in [-0.2, 0) is 9.59 Å². The standard InChI is InChI=1S/C19H28N4O.C2HF3O2/c24-18(16-4-1-2-5-16)23-11-3-6-19(15-23)7-12-22(13-8-19)17-14-20-9-10-21-17;3-2(4,5)1(6)7/h9-10,14,16H,1-8,11-13,15H2;(H,6,7). The molecule has 0 unspecified atom stereocenters. The smallest absolute Gasteiger partial charge is 0.475 e. The van der Waals surface area contributed by atoms with E-state index in [4.69, 9.17) is 9.90 Å². The largest absolute Gasteiger partial charge is 0.490 e. The Morgan fingerprint density at radius 2 is 1.68 bits per heavy atom. The summed E-state index contributed by atoms with van der Waals surface area (Å²) in [5, 5.41) is 7.12. The van der Waals surface area contributed by atoms with Crippen LogP contribution in [0.15, 0.2) is 18.6 Å². The Labute approximate surface area is 179 Å². The van der Waals surface area contributed by atoms with Crippen molar-refractivity contribution < 1.29 is 27.9 Å². The van der Waals surface area contributed by atoms with Gasteiger partial charge in [0.15, 0.2) is 0 Å². The lowest BCUT2D eigenvalue weighted by Crippen LogP contribution is -2.52. The molecule has 2 saturated heterocycles. The highest BCUT2D eigenvalue weighted by Crippen LogP contribution is 2.41. The van der Waals surface area contributed by atoms with E-state index in [1.807, 2.05) is 6.20 Å². The number of likely N-dealkylation sites (tertiary alicyclic amines) is 1. The van der Waals surface area contributed by atoms with Crippen molar-refractivity contribution in [2.75, 3.05) is 31.1 Å². The van der Waals surface area contributed by atoms with Crippen molar-refractivity contribution >= 4 is 17.7 Å². The van der Waals surface area contributed by atoms with Gasteiger partial charge >= 0.3 is 12.1 Å². The van der Waals surface area contributed by atoms with Gasteiger partial charge in [-0.15, -0.1) is 0 Å². The van der Waals surface area contributed by atoms with Crippen LogP contribution in [0.4, 0.5) is 19.0 Å². The molecule has 2 aliphatic heterocycles. The maximum atomic E-state index is 12.8. The third kappa shape index (κ3) is 6.07. The summed E-state index contributed by atoms with van der Waals surface area (Å²) in [6, 6.07) is 0. The Morgan fingerprint density at radius 3 is 2.23 bits per heavy atom. The topological polar surface area (TPSA) is 86.6 Å². The summed E-state index contributed by atoms with van der Waals surface area (Å²) < 4.78 is 31.7. The number of carboxylic acids is 1. The first-order valence-corrected chi connectivity index (χ1v) is 10.8. The molecule has 3 heterocycles. The van der Waals surface area contributed by atoms with Gasteiger partial charge in [-0.05, 0) is 43.9 Å². The molecule has 1 amide bonds. The second kappa shape index (κ2) is 9.82. The molecule has 1 N–H and O–H groups in total. The molecule has 1 aliphatic carbocycles. The van der Waals surface area contributed by atoms with E-state index in [1.54, 1.807) is 12.4 Å². The Bertz CT molecular complexity index is 746. The molecule has 0 aromatic carbocycles. The Hall–Kier alpha value is -2.39. The van der Waals surface area contributed by atoms with Gasteiger partial charge in [0, 0.05) is 44.5 Å². The van der Waals surface area contributed by atoms with Gasteiger partial charge in [0.25, 0.3) is 0 Å². The van der Waals surface area contributed by atoms with Crippen molar-refractivity contribution in [1.82, 2.24) is 14.9 Å². The second-order valence-electron chi connectivity index (χ2n) is 8.70. The zero-order valence-corrected chi connectivity index (χ0v) is 17.5. The molecule has 3 fully saturated rings. The molecule has 1 saturated carbocycles. The Morgan fingerprint density at radius 1 is 1.03 bits per heavy atom. The number of rotatable bonds is 2. The molecular weight excluding hydrogens is 413 g/mol. The average molecular weight is 442 g/mol. The van der Waals surface area contributed by atoms with Crippen molar-refractivity contribution in [3.05, 3.63) is 18.6 Å². The van der Waals surface area contributed by atoms with Crippen LogP contribution < -0.4 is 4.90 Å². The summed E-state index contributed by atoms with van der Waals surface area (Å²) in [7, 11) is 0. The highest BCUT2D eigenvalue weighted by atomic mass is 19.4. The monoisotopic (exact) mass is 442 g/mol. The van der Waals surface area contributed by atoms with E-state index in [2.05, 4.69) is 19.8 Å². The van der Waals surface area contributed by atoms with Crippen LogP contribution in [0.5, 0.6) is 0 Å². The minimum Gasteiger partial charge on any atom is -0.475 e. The number of piperidine rings is 2. The van der Waals surface area contributed by atoms with E-state index >= 15 is 0 Å². The summed E-state index contributed by atoms with van der Waals surface area (Å²) in [4.78, 5) is 34.9. The minimum absolute atomic E-state index is 0.319. The number of halogens is 3. The first kappa shape index (κ1) is 23.3. The van der Waals surface area contributed by atoms with Crippen LogP contribution in [0.3, 0.4) is 0 Å². The van der Waals surface area contributed by atoms with Crippen molar-refractivity contribution in [3.8, 4) is 0 Å². The lowest BCUT2D eigenvalue weighted by atomic mass is 9.72. The predicted molar refractivity (Wildman–Crippen MR) is 107 cm³/mol. The average Bonchev–Trinajstić information content (AvgIpc) is 3.29. The Balaban J connectivity index is 0.000000339. The van der Waals surface area contributed by atoms with Crippen LogP contribution in [0.2, 0.25) is 0 Å². The van der Waals surface area contributed by atoms with Crippen LogP contribution in [0.1, 0.15) is 51.4 Å². The van der Waals surface area contributed by atoms with Crippen molar-refractivity contribution in [1.29, 1.82) is 0 Å². The third-order valence-corrected chi connectivity index (χ3v) is 6.62. The van der Waals surface area contributed by atoms with Crippen LogP contribution >= 0.6 is 0 Å². The van der Waals surface area contributed by atoms with Crippen molar-refractivity contribution in [3.63, 3.8) is 0 Å². The highest BCUT2D eigenvalue weighted by molar-refractivity contribution is 5.79. The van der Waals surface area contributed by atoms with Crippen LogP contribution in [0, 0.1) is 11.3 Å². The summed E-state index contributed by atoms with van der Waals surface area (Å²) >= 11 is 0. The molecule has 3 aliphatic rings. The quantitative estimate of drug-likeness (QED) is 0.754. The number of amides is 1. The molecule has 10 heteroatoms. The van der Waals surface area contributed by atoms with Crippen molar-refractivity contribution in [2.24, 2.45) is 11.3 Å². The summed E-state index contributed by atoms with van der Waals surface area (Å²) in [5.74, 6) is -1.00. The van der Waals surface area contributed by atoms with Crippen molar-refractivity contribution in [2.45, 2.75) is 57.5 Å². The predicted octanol–water partition coefficient (Wildman–Crippen LogP) is 3.51. The lowest BCUT2D eigenvalue weighted by molar-refractivity contribution is -0.192. The van der Waals surface area contributed by atoms with Gasteiger partial charge in [0.05, 0.1) is 6.20 Å². The van der Waals surface area contributed by atoms with E-state index in [1.165, 1.54) is 25.7 Å². The molecule has 172 valence electrons. The maximum Gasteiger partial charge on any atom is 0.490 e. The fourth-order valence-electron chi connectivity index (χ4n) is 4.90. The van der Waals surface area contributed by atoms with Gasteiger partial charge < -0.3 is 14.9 Å². The first-order valence-electron chi connectivity index (χ1n) is 10.8. The highest BCUT2D eigenvalue weighted by Gasteiger charge is 2.41. The van der Waals surface area contributed by atoms with Gasteiger partial charge in [0.2, 0.25) is 5.91 Å². The van der Waals surface area contributed by atoms with E-state index in [-0.39, 0.29) is 0 Å². The van der Waals surface area contributed by atoms with Gasteiger partial charge in [-0.25, -0.2) is 9.78 Å². The van der Waals surface area contributed by atoms with E-state index in [0.29, 0.717) is 17.2 Å². The number of anilines is 1. The third-order valence-electron chi connectivity index (χ3n) is 6.62. The van der Waals surface area contributed by atoms with E-state index in [9.17, 15) is 18.0 Å². The normalized spacial score (nSPS) is 21.5. The van der Waals surface area contributed by atoms with Gasteiger partial charge in [0.1, 0.15) is 5.82 Å². The molecule has 0 radical (unpaired) electrons. The fraction of sp³-hybridized carbons (Fsp3) is 0.714. The van der Waals surface area contributed by atoms with Crippen LogP contribution in [-0.4, -0.2) is 64.2 Å². The molecule has 0 atom stereocenters. The lowest BCUT2D eigenvalue weighted by Gasteiger charge is -2.48. The SMILES string of the molecule is O=C(C1CCCC1)N1CCCC2(CCN(c3cnccn3)CC2)C1.O=C(O)C(F)(F)F. The zero-order valence-electron chi connectivity index (χ0n) is 17.5. The van der Waals surface area contributed by atoms with E-state index < -0.39 is 12.1 Å². The summed E-state index contributed by atoms with van der Waals surface area (Å²) in [5.41, 5.74) is 0.339. The molecule has 1 aromatic rings. The maximum absolute atomic E-state index is 12.8. The fourth-order valence-corrected chi connectivity index (χ4v) is 4.90. The number of nitrogens with zero attached hydrogens (tertiary/aromatic N) is 4. The molecule has 0 bridgehead atoms. The van der Waals surface area contributed by atoms with Gasteiger partial charge in [-0.3, -0.25) is 9.78 Å². The molecule has 1 aromatic heterocycles. The minimum atomic E-state index is -5.08. The van der Waals surface area contributed by atoms with E-state index in [0.717, 1.165) is 57.7 Å². The first-order chi connectivity index (χ1) is 14.7. The molecular formula is C21H29F3N4O3. The molecule has 7 nitrogen and oxygen atoms in total. The number of carbonyl (C=O) groups is 2. The number of carbonyl (C=O) groups excluding carboxylic acids is 1. The molecule has 4 rings (SSSR count). The summed E-state index contributed by atoms with van der Waals surface area (Å²) in [6.07, 6.45) is 9.74. The molecule has 31 heavy (non-hydrogen) atoms. The number of hydrogen-bond donors (Lipinski definition) is 1.